The number of carbonyl (C=O) groups is 2. The van der Waals surface area contributed by atoms with Gasteiger partial charge in [0.1, 0.15) is 0 Å². The molecule has 5 nitrogen and oxygen atoms in total. The topological polar surface area (TPSA) is 61.4 Å². The van der Waals surface area contributed by atoms with Crippen LogP contribution >= 0.6 is 0 Å². The molecule has 36 heavy (non-hydrogen) atoms. The van der Waals surface area contributed by atoms with E-state index < -0.39 is 11.7 Å². The van der Waals surface area contributed by atoms with Crippen molar-refractivity contribution in [2.75, 3.05) is 23.7 Å². The lowest BCUT2D eigenvalue weighted by Crippen LogP contribution is -2.38. The minimum Gasteiger partial charge on any atom is -0.324 e. The minimum absolute atomic E-state index is 0.116. The first-order valence-corrected chi connectivity index (χ1v) is 11.5. The number of aryl methyl sites for hydroxylation is 4. The van der Waals surface area contributed by atoms with E-state index in [0.29, 0.717) is 16.9 Å². The zero-order valence-corrected chi connectivity index (χ0v) is 20.8. The Morgan fingerprint density at radius 3 is 1.44 bits per heavy atom. The van der Waals surface area contributed by atoms with Crippen LogP contribution in [0.1, 0.15) is 33.4 Å². The molecule has 0 aliphatic heterocycles. The molecule has 0 spiro atoms. The van der Waals surface area contributed by atoms with Crippen molar-refractivity contribution in [2.45, 2.75) is 40.4 Å². The van der Waals surface area contributed by atoms with Crippen LogP contribution in [-0.4, -0.2) is 29.8 Å². The molecule has 0 aliphatic rings. The van der Waals surface area contributed by atoms with Crippen molar-refractivity contribution in [3.8, 4) is 0 Å². The SMILES string of the molecule is Cc1cccc(C)c1NC(=O)CN(CC(=O)Nc1c(C)cccc1C)Cc1ccc(C(F)(F)F)cc1. The van der Waals surface area contributed by atoms with Crippen molar-refractivity contribution in [1.29, 1.82) is 0 Å². The predicted molar refractivity (Wildman–Crippen MR) is 136 cm³/mol. The van der Waals surface area contributed by atoms with Gasteiger partial charge in [0.05, 0.1) is 18.7 Å². The van der Waals surface area contributed by atoms with Crippen LogP contribution in [0.15, 0.2) is 60.7 Å². The molecule has 0 unspecified atom stereocenters. The number of halogens is 3. The molecule has 0 aliphatic carbocycles. The molecule has 0 bridgehead atoms. The van der Waals surface area contributed by atoms with Crippen LogP contribution < -0.4 is 10.6 Å². The lowest BCUT2D eigenvalue weighted by molar-refractivity contribution is -0.137. The molecule has 0 radical (unpaired) electrons. The van der Waals surface area contributed by atoms with Crippen molar-refractivity contribution in [1.82, 2.24) is 4.90 Å². The van der Waals surface area contributed by atoms with Gasteiger partial charge in [0, 0.05) is 17.9 Å². The zero-order valence-electron chi connectivity index (χ0n) is 20.8. The number of hydrogen-bond donors (Lipinski definition) is 2. The van der Waals surface area contributed by atoms with Crippen LogP contribution in [0.25, 0.3) is 0 Å². The fourth-order valence-corrected chi connectivity index (χ4v) is 4.01. The number of alkyl halides is 3. The standard InChI is InChI=1S/C28H30F3N3O2/c1-18-7-5-8-19(2)26(18)32-24(35)16-34(15-22-11-13-23(14-12-22)28(29,30)31)17-25(36)33-27-20(3)9-6-10-21(27)4/h5-14H,15-17H2,1-4H3,(H,32,35)(H,33,36). The van der Waals surface area contributed by atoms with E-state index in [1.165, 1.54) is 12.1 Å². The Morgan fingerprint density at radius 2 is 1.08 bits per heavy atom. The quantitative estimate of drug-likeness (QED) is 0.400. The molecule has 0 saturated carbocycles. The normalized spacial score (nSPS) is 11.4. The summed E-state index contributed by atoms with van der Waals surface area (Å²) in [7, 11) is 0. The van der Waals surface area contributed by atoms with Crippen molar-refractivity contribution < 1.29 is 22.8 Å². The van der Waals surface area contributed by atoms with E-state index in [4.69, 9.17) is 0 Å². The maximum absolute atomic E-state index is 13.0. The summed E-state index contributed by atoms with van der Waals surface area (Å²) < 4.78 is 38.9. The van der Waals surface area contributed by atoms with Gasteiger partial charge in [0.25, 0.3) is 0 Å². The summed E-state index contributed by atoms with van der Waals surface area (Å²) in [5.41, 5.74) is 4.85. The van der Waals surface area contributed by atoms with Crippen LogP contribution in [0.3, 0.4) is 0 Å². The number of carbonyl (C=O) groups excluding carboxylic acids is 2. The Bertz CT molecular complexity index is 1130. The summed E-state index contributed by atoms with van der Waals surface area (Å²) in [6, 6.07) is 16.1. The maximum Gasteiger partial charge on any atom is 0.416 e. The first-order chi connectivity index (χ1) is 16.9. The van der Waals surface area contributed by atoms with Gasteiger partial charge >= 0.3 is 6.18 Å². The Hall–Kier alpha value is -3.65. The second-order valence-electron chi connectivity index (χ2n) is 8.97. The average molecular weight is 498 g/mol. The fraction of sp³-hybridized carbons (Fsp3) is 0.286. The molecule has 0 aromatic heterocycles. The Labute approximate surface area is 209 Å². The Balaban J connectivity index is 1.78. The van der Waals surface area contributed by atoms with E-state index in [2.05, 4.69) is 10.6 Å². The molecule has 0 saturated heterocycles. The molecule has 190 valence electrons. The Kier molecular flexibility index (Phi) is 8.53. The van der Waals surface area contributed by atoms with Crippen molar-refractivity contribution in [3.63, 3.8) is 0 Å². The number of rotatable bonds is 8. The number of benzene rings is 3. The highest BCUT2D eigenvalue weighted by Crippen LogP contribution is 2.29. The second-order valence-corrected chi connectivity index (χ2v) is 8.97. The summed E-state index contributed by atoms with van der Waals surface area (Å²) in [5, 5.41) is 5.81. The number of nitrogens with zero attached hydrogens (tertiary/aromatic N) is 1. The summed E-state index contributed by atoms with van der Waals surface area (Å²) in [4.78, 5) is 27.4. The Morgan fingerprint density at radius 1 is 0.694 bits per heavy atom. The molecule has 0 fully saturated rings. The van der Waals surface area contributed by atoms with Gasteiger partial charge in [-0.1, -0.05) is 48.5 Å². The molecule has 8 heteroatoms. The largest absolute Gasteiger partial charge is 0.416 e. The van der Waals surface area contributed by atoms with Gasteiger partial charge in [-0.25, -0.2) is 0 Å². The number of anilines is 2. The van der Waals surface area contributed by atoms with Gasteiger partial charge in [-0.05, 0) is 67.6 Å². The van der Waals surface area contributed by atoms with E-state index in [9.17, 15) is 22.8 Å². The predicted octanol–water partition coefficient (Wildman–Crippen LogP) is 6.02. The summed E-state index contributed by atoms with van der Waals surface area (Å²) in [6.45, 7) is 7.45. The van der Waals surface area contributed by atoms with Crippen LogP contribution in [0.2, 0.25) is 0 Å². The van der Waals surface area contributed by atoms with E-state index in [0.717, 1.165) is 34.4 Å². The van der Waals surface area contributed by atoms with E-state index in [-0.39, 0.29) is 31.4 Å². The smallest absolute Gasteiger partial charge is 0.324 e. The highest BCUT2D eigenvalue weighted by atomic mass is 19.4. The number of nitrogens with one attached hydrogen (secondary N) is 2. The molecular formula is C28H30F3N3O2. The lowest BCUT2D eigenvalue weighted by atomic mass is 10.1. The van der Waals surface area contributed by atoms with Gasteiger partial charge in [0.2, 0.25) is 11.8 Å². The molecule has 3 aromatic rings. The van der Waals surface area contributed by atoms with Crippen LogP contribution in [0.4, 0.5) is 24.5 Å². The number of hydrogen-bond acceptors (Lipinski definition) is 3. The van der Waals surface area contributed by atoms with Gasteiger partial charge in [-0.2, -0.15) is 13.2 Å². The lowest BCUT2D eigenvalue weighted by Gasteiger charge is -2.23. The molecule has 2 N–H and O–H groups in total. The van der Waals surface area contributed by atoms with Crippen LogP contribution in [-0.2, 0) is 22.3 Å². The van der Waals surface area contributed by atoms with E-state index >= 15 is 0 Å². The van der Waals surface area contributed by atoms with Gasteiger partial charge in [-0.15, -0.1) is 0 Å². The zero-order chi connectivity index (χ0) is 26.5. The molecule has 0 heterocycles. The highest BCUT2D eigenvalue weighted by molar-refractivity contribution is 5.96. The first-order valence-electron chi connectivity index (χ1n) is 11.5. The van der Waals surface area contributed by atoms with E-state index in [1.54, 1.807) is 4.90 Å². The third-order valence-electron chi connectivity index (χ3n) is 5.91. The number of amides is 2. The first kappa shape index (κ1) is 26.9. The van der Waals surface area contributed by atoms with Gasteiger partial charge in [0.15, 0.2) is 0 Å². The molecule has 3 rings (SSSR count). The summed E-state index contributed by atoms with van der Waals surface area (Å²) in [5.74, 6) is -0.640. The maximum atomic E-state index is 13.0. The van der Waals surface area contributed by atoms with Crippen molar-refractivity contribution in [2.24, 2.45) is 0 Å². The minimum atomic E-state index is -4.44. The van der Waals surface area contributed by atoms with Gasteiger partial charge < -0.3 is 10.6 Å². The third kappa shape index (κ3) is 7.18. The third-order valence-corrected chi connectivity index (χ3v) is 5.91. The van der Waals surface area contributed by atoms with Crippen molar-refractivity contribution in [3.05, 3.63) is 94.0 Å². The molecule has 3 aromatic carbocycles. The van der Waals surface area contributed by atoms with Gasteiger partial charge in [-0.3, -0.25) is 14.5 Å². The van der Waals surface area contributed by atoms with Crippen LogP contribution in [0.5, 0.6) is 0 Å². The molecule has 2 amide bonds. The molecule has 0 atom stereocenters. The van der Waals surface area contributed by atoms with E-state index in [1.807, 2.05) is 64.1 Å². The monoisotopic (exact) mass is 497 g/mol. The van der Waals surface area contributed by atoms with Crippen molar-refractivity contribution >= 4 is 23.2 Å². The average Bonchev–Trinajstić information content (AvgIpc) is 2.78. The fourth-order valence-electron chi connectivity index (χ4n) is 4.01. The summed E-state index contributed by atoms with van der Waals surface area (Å²) >= 11 is 0. The molecular weight excluding hydrogens is 467 g/mol. The number of para-hydroxylation sites is 2. The second kappa shape index (κ2) is 11.4. The summed E-state index contributed by atoms with van der Waals surface area (Å²) in [6.07, 6.45) is -4.44. The van der Waals surface area contributed by atoms with Crippen LogP contribution in [0, 0.1) is 27.7 Å². The highest BCUT2D eigenvalue weighted by Gasteiger charge is 2.30.